The summed E-state index contributed by atoms with van der Waals surface area (Å²) in [6.45, 7) is 4.35. The minimum atomic E-state index is -0.370. The number of H-pyrrole nitrogens is 1. The Balaban J connectivity index is 1.52. The molecule has 7 nitrogen and oxygen atoms in total. The summed E-state index contributed by atoms with van der Waals surface area (Å²) >= 11 is 0. The summed E-state index contributed by atoms with van der Waals surface area (Å²) < 4.78 is 1.88. The van der Waals surface area contributed by atoms with E-state index >= 15 is 0 Å². The van der Waals surface area contributed by atoms with Gasteiger partial charge in [0.05, 0.1) is 11.4 Å². The van der Waals surface area contributed by atoms with Crippen molar-refractivity contribution >= 4 is 5.91 Å². The van der Waals surface area contributed by atoms with Crippen LogP contribution in [-0.2, 0) is 6.54 Å². The van der Waals surface area contributed by atoms with Gasteiger partial charge in [-0.1, -0.05) is 12.1 Å². The quantitative estimate of drug-likeness (QED) is 0.741. The molecule has 1 N–H and O–H groups in total. The molecule has 4 rings (SSSR count). The van der Waals surface area contributed by atoms with Crippen LogP contribution in [0.1, 0.15) is 51.9 Å². The first-order valence-corrected chi connectivity index (χ1v) is 9.39. The zero-order valence-electron chi connectivity index (χ0n) is 16.3. The normalized spacial score (nSPS) is 13.5. The number of rotatable bonds is 5. The molecule has 0 saturated heterocycles. The van der Waals surface area contributed by atoms with Crippen molar-refractivity contribution in [3.63, 3.8) is 0 Å². The van der Waals surface area contributed by atoms with Gasteiger partial charge in [-0.3, -0.25) is 9.59 Å². The second-order valence-corrected chi connectivity index (χ2v) is 7.46. The van der Waals surface area contributed by atoms with Gasteiger partial charge in [-0.25, -0.2) is 9.67 Å². The van der Waals surface area contributed by atoms with E-state index in [0.717, 1.165) is 35.5 Å². The molecule has 0 unspecified atom stereocenters. The molecule has 0 radical (unpaired) electrons. The van der Waals surface area contributed by atoms with E-state index in [9.17, 15) is 9.59 Å². The second-order valence-electron chi connectivity index (χ2n) is 7.46. The van der Waals surface area contributed by atoms with E-state index in [0.29, 0.717) is 18.3 Å². The van der Waals surface area contributed by atoms with E-state index in [2.05, 4.69) is 15.1 Å². The minimum Gasteiger partial charge on any atom is -0.337 e. The highest BCUT2D eigenvalue weighted by Gasteiger charge is 2.27. The first-order valence-electron chi connectivity index (χ1n) is 9.39. The fourth-order valence-electron chi connectivity index (χ4n) is 3.35. The molecule has 144 valence electrons. The molecule has 0 bridgehead atoms. The van der Waals surface area contributed by atoms with Crippen LogP contribution in [0.15, 0.2) is 41.3 Å². The third-order valence-corrected chi connectivity index (χ3v) is 4.94. The van der Waals surface area contributed by atoms with Crippen molar-refractivity contribution in [1.82, 2.24) is 24.6 Å². The molecule has 1 saturated carbocycles. The summed E-state index contributed by atoms with van der Waals surface area (Å²) in [6, 6.07) is 9.90. The first kappa shape index (κ1) is 18.2. The Bertz CT molecular complexity index is 1090. The van der Waals surface area contributed by atoms with Crippen LogP contribution in [0.2, 0.25) is 0 Å². The monoisotopic (exact) mass is 377 g/mol. The van der Waals surface area contributed by atoms with E-state index in [1.807, 2.05) is 48.9 Å². The maximum Gasteiger partial charge on any atom is 0.263 e. The molecular weight excluding hydrogens is 354 g/mol. The number of hydrogen-bond donors (Lipinski definition) is 1. The fourth-order valence-corrected chi connectivity index (χ4v) is 3.35. The van der Waals surface area contributed by atoms with Crippen molar-refractivity contribution in [3.8, 4) is 5.69 Å². The van der Waals surface area contributed by atoms with Crippen LogP contribution in [0.5, 0.6) is 0 Å². The maximum atomic E-state index is 12.7. The van der Waals surface area contributed by atoms with Crippen LogP contribution in [0, 0.1) is 13.8 Å². The SMILES string of the molecule is Cc1cc(C)n(-c2cccc(CN(C)C(=O)c3cnc(C4CC4)[nH]c3=O)c2)n1. The average molecular weight is 377 g/mol. The summed E-state index contributed by atoms with van der Waals surface area (Å²) in [6.07, 6.45) is 3.49. The molecule has 28 heavy (non-hydrogen) atoms. The van der Waals surface area contributed by atoms with Gasteiger partial charge in [0.1, 0.15) is 11.4 Å². The summed E-state index contributed by atoms with van der Waals surface area (Å²) in [5, 5.41) is 4.50. The number of hydrogen-bond acceptors (Lipinski definition) is 4. The third-order valence-electron chi connectivity index (χ3n) is 4.94. The zero-order valence-corrected chi connectivity index (χ0v) is 16.3. The van der Waals surface area contributed by atoms with Gasteiger partial charge < -0.3 is 9.88 Å². The number of carbonyl (C=O) groups is 1. The molecule has 1 fully saturated rings. The molecule has 1 amide bonds. The van der Waals surface area contributed by atoms with Gasteiger partial charge in [-0.05, 0) is 50.5 Å². The molecule has 0 atom stereocenters. The van der Waals surface area contributed by atoms with E-state index in [-0.39, 0.29) is 17.0 Å². The molecule has 7 heteroatoms. The van der Waals surface area contributed by atoms with Gasteiger partial charge in [0.2, 0.25) is 0 Å². The van der Waals surface area contributed by atoms with Crippen molar-refractivity contribution in [2.45, 2.75) is 39.2 Å². The molecule has 2 heterocycles. The number of nitrogens with one attached hydrogen (secondary N) is 1. The Hall–Kier alpha value is -3.22. The van der Waals surface area contributed by atoms with Crippen molar-refractivity contribution < 1.29 is 4.79 Å². The van der Waals surface area contributed by atoms with E-state index < -0.39 is 0 Å². The summed E-state index contributed by atoms with van der Waals surface area (Å²) in [7, 11) is 1.69. The number of benzene rings is 1. The van der Waals surface area contributed by atoms with Gasteiger partial charge in [-0.15, -0.1) is 0 Å². The average Bonchev–Trinajstić information content (AvgIpc) is 3.45. The van der Waals surface area contributed by atoms with E-state index in [4.69, 9.17) is 0 Å². The topological polar surface area (TPSA) is 83.9 Å². The summed E-state index contributed by atoms with van der Waals surface area (Å²) in [5.41, 5.74) is 3.60. The predicted molar refractivity (Wildman–Crippen MR) is 106 cm³/mol. The lowest BCUT2D eigenvalue weighted by Gasteiger charge is -2.17. The Morgan fingerprint density at radius 1 is 1.29 bits per heavy atom. The lowest BCUT2D eigenvalue weighted by Crippen LogP contribution is -2.32. The van der Waals surface area contributed by atoms with Crippen molar-refractivity contribution in [2.75, 3.05) is 7.05 Å². The standard InChI is InChI=1S/C21H23N5O2/c1-13-9-14(2)26(24-13)17-6-4-5-15(10-17)12-25(3)21(28)18-11-22-19(16-7-8-16)23-20(18)27/h4-6,9-11,16H,7-8,12H2,1-3H3,(H,22,23,27). The van der Waals surface area contributed by atoms with Crippen molar-refractivity contribution in [2.24, 2.45) is 0 Å². The van der Waals surface area contributed by atoms with Gasteiger partial charge in [0.25, 0.3) is 11.5 Å². The zero-order chi connectivity index (χ0) is 19.8. The number of nitrogens with zero attached hydrogens (tertiary/aromatic N) is 4. The van der Waals surface area contributed by atoms with Crippen LogP contribution >= 0.6 is 0 Å². The lowest BCUT2D eigenvalue weighted by atomic mass is 10.1. The Kier molecular flexibility index (Phi) is 4.58. The Morgan fingerprint density at radius 2 is 2.07 bits per heavy atom. The third kappa shape index (κ3) is 3.60. The second kappa shape index (κ2) is 7.07. The molecule has 3 aromatic rings. The van der Waals surface area contributed by atoms with Gasteiger partial charge in [0, 0.05) is 31.4 Å². The number of aromatic nitrogens is 4. The number of aryl methyl sites for hydroxylation is 2. The molecule has 2 aromatic heterocycles. The van der Waals surface area contributed by atoms with Gasteiger partial charge in [0.15, 0.2) is 0 Å². The van der Waals surface area contributed by atoms with Crippen LogP contribution < -0.4 is 5.56 Å². The lowest BCUT2D eigenvalue weighted by molar-refractivity contribution is 0.0782. The summed E-state index contributed by atoms with van der Waals surface area (Å²) in [4.78, 5) is 33.6. The first-order chi connectivity index (χ1) is 13.4. The number of carbonyl (C=O) groups excluding carboxylic acids is 1. The summed E-state index contributed by atoms with van der Waals surface area (Å²) in [5.74, 6) is 0.682. The smallest absolute Gasteiger partial charge is 0.263 e. The van der Waals surface area contributed by atoms with Crippen LogP contribution in [0.25, 0.3) is 5.69 Å². The van der Waals surface area contributed by atoms with Crippen molar-refractivity contribution in [3.05, 3.63) is 75.2 Å². The Labute approximate surface area is 163 Å². The van der Waals surface area contributed by atoms with Crippen LogP contribution in [0.4, 0.5) is 0 Å². The molecule has 1 aliphatic rings. The molecule has 0 spiro atoms. The number of amides is 1. The Morgan fingerprint density at radius 3 is 2.71 bits per heavy atom. The predicted octanol–water partition coefficient (Wildman–Crippen LogP) is 2.72. The molecular formula is C21H23N5O2. The largest absolute Gasteiger partial charge is 0.337 e. The highest BCUT2D eigenvalue weighted by atomic mass is 16.2. The fraction of sp³-hybridized carbons (Fsp3) is 0.333. The molecule has 1 aliphatic carbocycles. The van der Waals surface area contributed by atoms with Crippen molar-refractivity contribution in [1.29, 1.82) is 0 Å². The molecule has 1 aromatic carbocycles. The minimum absolute atomic E-state index is 0.0709. The maximum absolute atomic E-state index is 12.7. The van der Waals surface area contributed by atoms with Crippen LogP contribution in [-0.4, -0.2) is 37.6 Å². The van der Waals surface area contributed by atoms with Gasteiger partial charge >= 0.3 is 0 Å². The highest BCUT2D eigenvalue weighted by molar-refractivity contribution is 5.93. The number of aromatic amines is 1. The van der Waals surface area contributed by atoms with Crippen LogP contribution in [0.3, 0.4) is 0 Å². The van der Waals surface area contributed by atoms with E-state index in [1.165, 1.54) is 11.1 Å². The molecule has 0 aliphatic heterocycles. The highest BCUT2D eigenvalue weighted by Crippen LogP contribution is 2.37. The van der Waals surface area contributed by atoms with Gasteiger partial charge in [-0.2, -0.15) is 5.10 Å². The van der Waals surface area contributed by atoms with E-state index in [1.54, 1.807) is 7.05 Å².